The average Bonchev–Trinajstić information content (AvgIpc) is 2.98. The maximum Gasteiger partial charge on any atom is 0.0985 e. The molecule has 1 aromatic carbocycles. The molecule has 1 aliphatic rings. The molecule has 0 saturated heterocycles. The fourth-order valence-electron chi connectivity index (χ4n) is 2.57. The highest BCUT2D eigenvalue weighted by Crippen LogP contribution is 2.43. The largest absolute Gasteiger partial charge is 0.362 e. The van der Waals surface area contributed by atoms with Crippen molar-refractivity contribution in [3.8, 4) is 0 Å². The second-order valence-electron chi connectivity index (χ2n) is 6.13. The molecular formula is C14H18BrNSi. The molecule has 0 bridgehead atoms. The van der Waals surface area contributed by atoms with Gasteiger partial charge in [-0.3, -0.25) is 0 Å². The van der Waals surface area contributed by atoms with Gasteiger partial charge in [-0.05, 0) is 42.5 Å². The van der Waals surface area contributed by atoms with Gasteiger partial charge in [0.1, 0.15) is 0 Å². The zero-order chi connectivity index (χ0) is 12.2. The minimum atomic E-state index is -1.27. The van der Waals surface area contributed by atoms with Crippen LogP contribution in [0.5, 0.6) is 0 Å². The number of hydrogen-bond acceptors (Lipinski definition) is 0. The summed E-state index contributed by atoms with van der Waals surface area (Å²) < 4.78 is 1.19. The predicted octanol–water partition coefficient (Wildman–Crippen LogP) is 4.35. The molecule has 3 rings (SSSR count). The highest BCUT2D eigenvalue weighted by molar-refractivity contribution is 9.10. The van der Waals surface area contributed by atoms with Crippen LogP contribution in [0.25, 0.3) is 10.9 Å². The Morgan fingerprint density at radius 3 is 2.53 bits per heavy atom. The van der Waals surface area contributed by atoms with Crippen LogP contribution in [0.2, 0.25) is 19.6 Å². The molecule has 1 aromatic heterocycles. The summed E-state index contributed by atoms with van der Waals surface area (Å²) in [6.45, 7) is 7.29. The van der Waals surface area contributed by atoms with Crippen LogP contribution in [0.15, 0.2) is 22.7 Å². The normalized spacial score (nSPS) is 16.7. The second-order valence-corrected chi connectivity index (χ2v) is 12.0. The zero-order valence-corrected chi connectivity index (χ0v) is 13.2. The van der Waals surface area contributed by atoms with Crippen LogP contribution in [0.3, 0.4) is 0 Å². The van der Waals surface area contributed by atoms with Crippen molar-refractivity contribution in [1.82, 2.24) is 4.98 Å². The lowest BCUT2D eigenvalue weighted by Crippen LogP contribution is -2.40. The quantitative estimate of drug-likeness (QED) is 0.794. The molecule has 1 N–H and O–H groups in total. The first kappa shape index (κ1) is 11.5. The fourth-order valence-corrected chi connectivity index (χ4v) is 4.59. The Balaban J connectivity index is 2.31. The van der Waals surface area contributed by atoms with E-state index < -0.39 is 8.07 Å². The van der Waals surface area contributed by atoms with Crippen LogP contribution < -0.4 is 5.32 Å². The van der Waals surface area contributed by atoms with Crippen molar-refractivity contribution >= 4 is 40.2 Å². The second kappa shape index (κ2) is 3.72. The summed E-state index contributed by atoms with van der Waals surface area (Å²) in [5.41, 5.74) is 2.94. The van der Waals surface area contributed by atoms with Crippen molar-refractivity contribution in [1.29, 1.82) is 0 Å². The SMILES string of the molecule is C[Si](C)(C)c1[nH]c2ccc(Br)cc2c1C1CC1. The number of aromatic nitrogens is 1. The summed E-state index contributed by atoms with van der Waals surface area (Å²) in [7, 11) is -1.27. The van der Waals surface area contributed by atoms with E-state index in [1.54, 1.807) is 10.9 Å². The van der Waals surface area contributed by atoms with Gasteiger partial charge in [0.2, 0.25) is 0 Å². The number of H-pyrrole nitrogens is 1. The highest BCUT2D eigenvalue weighted by Gasteiger charge is 2.33. The molecule has 0 spiro atoms. The Morgan fingerprint density at radius 1 is 1.24 bits per heavy atom. The lowest BCUT2D eigenvalue weighted by molar-refractivity contribution is 1.16. The zero-order valence-electron chi connectivity index (χ0n) is 10.6. The van der Waals surface area contributed by atoms with Gasteiger partial charge in [0.05, 0.1) is 8.07 Å². The number of hydrogen-bond donors (Lipinski definition) is 1. The molecule has 1 saturated carbocycles. The first-order valence-corrected chi connectivity index (χ1v) is 10.6. The van der Waals surface area contributed by atoms with E-state index in [1.807, 2.05) is 0 Å². The Bertz CT molecular complexity index is 576. The highest BCUT2D eigenvalue weighted by atomic mass is 79.9. The van der Waals surface area contributed by atoms with Gasteiger partial charge in [0.15, 0.2) is 0 Å². The van der Waals surface area contributed by atoms with Gasteiger partial charge < -0.3 is 4.98 Å². The average molecular weight is 308 g/mol. The van der Waals surface area contributed by atoms with Gasteiger partial charge in [-0.2, -0.15) is 0 Å². The van der Waals surface area contributed by atoms with Crippen LogP contribution >= 0.6 is 15.9 Å². The van der Waals surface area contributed by atoms with Gasteiger partial charge in [0, 0.05) is 20.7 Å². The number of fused-ring (bicyclic) bond motifs is 1. The molecule has 1 nitrogen and oxygen atoms in total. The summed E-state index contributed by atoms with van der Waals surface area (Å²) in [4.78, 5) is 3.69. The number of benzene rings is 1. The van der Waals surface area contributed by atoms with Crippen LogP contribution in [-0.2, 0) is 0 Å². The third-order valence-electron chi connectivity index (χ3n) is 3.54. The van der Waals surface area contributed by atoms with Crippen molar-refractivity contribution in [2.24, 2.45) is 0 Å². The van der Waals surface area contributed by atoms with Crippen molar-refractivity contribution in [3.63, 3.8) is 0 Å². The van der Waals surface area contributed by atoms with E-state index in [9.17, 15) is 0 Å². The Morgan fingerprint density at radius 2 is 1.94 bits per heavy atom. The van der Waals surface area contributed by atoms with E-state index in [0.717, 1.165) is 5.92 Å². The summed E-state index contributed by atoms with van der Waals surface area (Å²) in [5.74, 6) is 0.819. The monoisotopic (exact) mass is 307 g/mol. The first-order valence-electron chi connectivity index (χ1n) is 6.28. The summed E-state index contributed by atoms with van der Waals surface area (Å²) >= 11 is 3.59. The topological polar surface area (TPSA) is 15.8 Å². The standard InChI is InChI=1S/C14H18BrNSi/c1-17(2,3)14-13(9-4-5-9)11-8-10(15)6-7-12(11)16-14/h6-9,16H,4-5H2,1-3H3. The minimum Gasteiger partial charge on any atom is -0.362 e. The lowest BCUT2D eigenvalue weighted by atomic mass is 10.1. The number of aromatic amines is 1. The molecule has 0 unspecified atom stereocenters. The predicted molar refractivity (Wildman–Crippen MR) is 81.0 cm³/mol. The van der Waals surface area contributed by atoms with Gasteiger partial charge in [-0.25, -0.2) is 0 Å². The molecule has 1 fully saturated rings. The lowest BCUT2D eigenvalue weighted by Gasteiger charge is -2.17. The van der Waals surface area contributed by atoms with E-state index in [4.69, 9.17) is 0 Å². The molecule has 0 atom stereocenters. The number of nitrogens with one attached hydrogen (secondary N) is 1. The van der Waals surface area contributed by atoms with Gasteiger partial charge in [-0.1, -0.05) is 35.6 Å². The van der Waals surface area contributed by atoms with Crippen LogP contribution in [-0.4, -0.2) is 13.1 Å². The Labute approximate surface area is 112 Å². The summed E-state index contributed by atoms with van der Waals surface area (Å²) in [6, 6.07) is 6.61. The molecular weight excluding hydrogens is 290 g/mol. The molecule has 90 valence electrons. The van der Waals surface area contributed by atoms with Crippen LogP contribution in [0.1, 0.15) is 24.3 Å². The Hall–Kier alpha value is -0.543. The molecule has 0 radical (unpaired) electrons. The molecule has 17 heavy (non-hydrogen) atoms. The maximum absolute atomic E-state index is 3.69. The molecule has 0 aliphatic heterocycles. The summed E-state index contributed by atoms with van der Waals surface area (Å²) in [5, 5.41) is 3.01. The fraction of sp³-hybridized carbons (Fsp3) is 0.429. The van der Waals surface area contributed by atoms with Crippen molar-refractivity contribution in [3.05, 3.63) is 28.2 Å². The summed E-state index contributed by atoms with van der Waals surface area (Å²) in [6.07, 6.45) is 2.74. The third kappa shape index (κ3) is 2.00. The van der Waals surface area contributed by atoms with Gasteiger partial charge in [0.25, 0.3) is 0 Å². The van der Waals surface area contributed by atoms with Gasteiger partial charge in [-0.15, -0.1) is 0 Å². The van der Waals surface area contributed by atoms with Gasteiger partial charge >= 0.3 is 0 Å². The minimum absolute atomic E-state index is 0.819. The smallest absolute Gasteiger partial charge is 0.0985 e. The number of halogens is 1. The number of rotatable bonds is 2. The molecule has 3 heteroatoms. The Kier molecular flexibility index (Phi) is 2.53. The molecule has 1 aliphatic carbocycles. The molecule has 2 aromatic rings. The van der Waals surface area contributed by atoms with E-state index in [-0.39, 0.29) is 0 Å². The van der Waals surface area contributed by atoms with Crippen molar-refractivity contribution in [2.45, 2.75) is 38.4 Å². The van der Waals surface area contributed by atoms with E-state index in [2.05, 4.69) is 58.8 Å². The molecule has 1 heterocycles. The van der Waals surface area contributed by atoms with E-state index in [1.165, 1.54) is 28.2 Å². The van der Waals surface area contributed by atoms with Crippen molar-refractivity contribution in [2.75, 3.05) is 0 Å². The van der Waals surface area contributed by atoms with Crippen LogP contribution in [0, 0.1) is 0 Å². The molecule has 0 amide bonds. The first-order chi connectivity index (χ1) is 7.97. The van der Waals surface area contributed by atoms with E-state index >= 15 is 0 Å². The van der Waals surface area contributed by atoms with E-state index in [0.29, 0.717) is 0 Å². The maximum atomic E-state index is 3.69. The van der Waals surface area contributed by atoms with Crippen LogP contribution in [0.4, 0.5) is 0 Å². The van der Waals surface area contributed by atoms with Crippen molar-refractivity contribution < 1.29 is 0 Å². The third-order valence-corrected chi connectivity index (χ3v) is 5.92.